The number of ketones is 1. The molecule has 170 valence electrons. The van der Waals surface area contributed by atoms with Gasteiger partial charge in [-0.25, -0.2) is 0 Å². The van der Waals surface area contributed by atoms with Gasteiger partial charge in [0.1, 0.15) is 0 Å². The Balaban J connectivity index is 1.30. The maximum Gasteiger partial charge on any atom is 0.155 e. The number of hydrogen-bond acceptors (Lipinski definition) is 3. The van der Waals surface area contributed by atoms with E-state index in [1.807, 2.05) is 6.08 Å². The van der Waals surface area contributed by atoms with Gasteiger partial charge in [-0.2, -0.15) is 0 Å². The number of rotatable bonds is 0. The number of allylic oxidation sites excluding steroid dienone is 3. The highest BCUT2D eigenvalue weighted by Crippen LogP contribution is 2.64. The summed E-state index contributed by atoms with van der Waals surface area (Å²) in [4.78, 5) is 12.1. The zero-order chi connectivity index (χ0) is 21.5. The average Bonchev–Trinajstić information content (AvgIpc) is 3.19. The molecule has 6 aliphatic rings. The monoisotopic (exact) mass is 423 g/mol. The van der Waals surface area contributed by atoms with Crippen LogP contribution in [0.3, 0.4) is 0 Å². The van der Waals surface area contributed by atoms with Crippen LogP contribution in [-0.4, -0.2) is 30.1 Å². The van der Waals surface area contributed by atoms with Gasteiger partial charge in [-0.1, -0.05) is 37.5 Å². The normalized spacial score (nSPS) is 51.7. The first kappa shape index (κ1) is 20.7. The first-order chi connectivity index (χ1) is 14.8. The SMILES string of the molecule is CC1=C2C[C@H]3[C@@H](CCC4=CC(=O)CC[C@@]43C)C2CC[C@@]2(C1)O[C@@H]1C[C@H](C)CN[C@H]1[C@H]2C. The number of hydrogen-bond donors (Lipinski definition) is 1. The average molecular weight is 424 g/mol. The van der Waals surface area contributed by atoms with Gasteiger partial charge in [0, 0.05) is 18.4 Å². The summed E-state index contributed by atoms with van der Waals surface area (Å²) in [5.74, 6) is 4.00. The summed E-state index contributed by atoms with van der Waals surface area (Å²) in [6, 6.07) is 0.542. The van der Waals surface area contributed by atoms with E-state index in [0.717, 1.165) is 55.9 Å². The third kappa shape index (κ3) is 2.94. The first-order valence-corrected chi connectivity index (χ1v) is 13.1. The molecule has 2 heterocycles. The molecular weight excluding hydrogens is 382 g/mol. The van der Waals surface area contributed by atoms with Crippen LogP contribution in [-0.2, 0) is 9.53 Å². The molecule has 3 heteroatoms. The summed E-state index contributed by atoms with van der Waals surface area (Å²) in [6.45, 7) is 10.9. The molecule has 1 N–H and O–H groups in total. The molecule has 9 atom stereocenters. The number of fused-ring (bicyclic) bond motifs is 6. The Morgan fingerprint density at radius 3 is 2.84 bits per heavy atom. The summed E-state index contributed by atoms with van der Waals surface area (Å²) in [5, 5.41) is 3.85. The van der Waals surface area contributed by atoms with Crippen molar-refractivity contribution in [3.63, 3.8) is 0 Å². The molecule has 4 fully saturated rings. The van der Waals surface area contributed by atoms with E-state index in [4.69, 9.17) is 4.74 Å². The largest absolute Gasteiger partial charge is 0.369 e. The van der Waals surface area contributed by atoms with E-state index in [1.54, 1.807) is 11.1 Å². The number of carbonyl (C=O) groups is 1. The molecule has 0 aromatic carbocycles. The summed E-state index contributed by atoms with van der Waals surface area (Å²) in [5.41, 5.74) is 5.23. The van der Waals surface area contributed by atoms with Gasteiger partial charge in [0.25, 0.3) is 0 Å². The predicted molar refractivity (Wildman–Crippen MR) is 124 cm³/mol. The van der Waals surface area contributed by atoms with Crippen LogP contribution in [0.15, 0.2) is 22.8 Å². The molecule has 0 bridgehead atoms. The lowest BCUT2D eigenvalue weighted by Crippen LogP contribution is -2.48. The summed E-state index contributed by atoms with van der Waals surface area (Å²) in [7, 11) is 0. The molecule has 0 radical (unpaired) electrons. The van der Waals surface area contributed by atoms with Crippen molar-refractivity contribution in [1.29, 1.82) is 0 Å². The Morgan fingerprint density at radius 1 is 1.16 bits per heavy atom. The molecule has 3 nitrogen and oxygen atoms in total. The van der Waals surface area contributed by atoms with Crippen LogP contribution >= 0.6 is 0 Å². The van der Waals surface area contributed by atoms with Crippen molar-refractivity contribution in [3.8, 4) is 0 Å². The predicted octanol–water partition coefficient (Wildman–Crippen LogP) is 5.60. The fourth-order valence-electron chi connectivity index (χ4n) is 9.13. The van der Waals surface area contributed by atoms with E-state index in [-0.39, 0.29) is 11.0 Å². The maximum atomic E-state index is 12.1. The van der Waals surface area contributed by atoms with E-state index < -0.39 is 0 Å². The standard InChI is InChI=1S/C28H41NO2/c1-16-11-25-26(29-15-16)18(3)28(31-25)10-8-21-22-6-5-19-12-20(30)7-9-27(19,4)24(22)13-23(21)17(2)14-28/h12,16,18,21-22,24-26,29H,5-11,13-15H2,1-4H3/t16-,18+,21?,22-,24-,25+,26-,27-,28-/m0/s1. The summed E-state index contributed by atoms with van der Waals surface area (Å²) >= 11 is 0. The van der Waals surface area contributed by atoms with Gasteiger partial charge in [0.05, 0.1) is 11.7 Å². The number of ether oxygens (including phenoxy) is 1. The topological polar surface area (TPSA) is 38.3 Å². The Morgan fingerprint density at radius 2 is 2.00 bits per heavy atom. The minimum atomic E-state index is 0.0458. The zero-order valence-electron chi connectivity index (χ0n) is 20.0. The summed E-state index contributed by atoms with van der Waals surface area (Å²) < 4.78 is 7.00. The molecular formula is C28H41NO2. The minimum Gasteiger partial charge on any atom is -0.369 e. The first-order valence-electron chi connectivity index (χ1n) is 13.1. The van der Waals surface area contributed by atoms with Crippen molar-refractivity contribution < 1.29 is 9.53 Å². The van der Waals surface area contributed by atoms with Gasteiger partial charge in [-0.15, -0.1) is 0 Å². The van der Waals surface area contributed by atoms with Crippen molar-refractivity contribution in [3.05, 3.63) is 22.8 Å². The number of carbonyl (C=O) groups excluding carboxylic acids is 1. The molecule has 31 heavy (non-hydrogen) atoms. The molecule has 1 spiro atoms. The lowest BCUT2D eigenvalue weighted by atomic mass is 9.56. The zero-order valence-corrected chi connectivity index (χ0v) is 20.0. The highest BCUT2D eigenvalue weighted by molar-refractivity contribution is 5.91. The second-order valence-corrected chi connectivity index (χ2v) is 12.5. The molecule has 6 rings (SSSR count). The van der Waals surface area contributed by atoms with Crippen LogP contribution in [0.2, 0.25) is 0 Å². The molecule has 2 saturated heterocycles. The highest BCUT2D eigenvalue weighted by atomic mass is 16.5. The fourth-order valence-corrected chi connectivity index (χ4v) is 9.13. The van der Waals surface area contributed by atoms with E-state index in [0.29, 0.717) is 23.8 Å². The van der Waals surface area contributed by atoms with E-state index in [1.165, 1.54) is 37.7 Å². The van der Waals surface area contributed by atoms with Crippen LogP contribution in [0.5, 0.6) is 0 Å². The lowest BCUT2D eigenvalue weighted by molar-refractivity contribution is -0.116. The molecule has 0 aromatic rings. The molecule has 4 aliphatic carbocycles. The molecule has 0 aromatic heterocycles. The van der Waals surface area contributed by atoms with Crippen LogP contribution in [0, 0.1) is 35.0 Å². The third-order valence-corrected chi connectivity index (χ3v) is 10.9. The van der Waals surface area contributed by atoms with Gasteiger partial charge in [0.15, 0.2) is 5.78 Å². The van der Waals surface area contributed by atoms with Crippen LogP contribution < -0.4 is 5.32 Å². The Kier molecular flexibility index (Phi) is 4.69. The Bertz CT molecular complexity index is 857. The van der Waals surface area contributed by atoms with Gasteiger partial charge in [-0.3, -0.25) is 4.79 Å². The number of piperidine rings is 1. The quantitative estimate of drug-likeness (QED) is 0.515. The van der Waals surface area contributed by atoms with Crippen LogP contribution in [0.25, 0.3) is 0 Å². The van der Waals surface area contributed by atoms with Gasteiger partial charge in [-0.05, 0) is 100.0 Å². The van der Waals surface area contributed by atoms with Crippen molar-refractivity contribution in [1.82, 2.24) is 5.32 Å². The van der Waals surface area contributed by atoms with Gasteiger partial charge < -0.3 is 10.1 Å². The van der Waals surface area contributed by atoms with Gasteiger partial charge in [0.2, 0.25) is 0 Å². The Labute approximate surface area is 188 Å². The van der Waals surface area contributed by atoms with Crippen molar-refractivity contribution in [2.75, 3.05) is 6.54 Å². The fraction of sp³-hybridized carbons (Fsp3) is 0.821. The van der Waals surface area contributed by atoms with Gasteiger partial charge >= 0.3 is 0 Å². The van der Waals surface area contributed by atoms with E-state index in [2.05, 4.69) is 33.0 Å². The van der Waals surface area contributed by atoms with Crippen LogP contribution in [0.4, 0.5) is 0 Å². The molecule has 1 unspecified atom stereocenters. The minimum absolute atomic E-state index is 0.0458. The molecule has 2 aliphatic heterocycles. The second-order valence-electron chi connectivity index (χ2n) is 12.5. The Hall–Kier alpha value is -0.930. The second kappa shape index (κ2) is 7.03. The molecule has 2 saturated carbocycles. The molecule has 0 amide bonds. The van der Waals surface area contributed by atoms with Crippen molar-refractivity contribution in [2.24, 2.45) is 35.0 Å². The van der Waals surface area contributed by atoms with E-state index in [9.17, 15) is 4.79 Å². The maximum absolute atomic E-state index is 12.1. The highest BCUT2D eigenvalue weighted by Gasteiger charge is 2.58. The summed E-state index contributed by atoms with van der Waals surface area (Å²) in [6.07, 6.45) is 12.9. The van der Waals surface area contributed by atoms with Crippen molar-refractivity contribution in [2.45, 2.75) is 103 Å². The lowest BCUT2D eigenvalue weighted by Gasteiger charge is -2.48. The van der Waals surface area contributed by atoms with E-state index >= 15 is 0 Å². The van der Waals surface area contributed by atoms with Crippen LogP contribution in [0.1, 0.15) is 85.5 Å². The smallest absolute Gasteiger partial charge is 0.155 e. The third-order valence-electron chi connectivity index (χ3n) is 10.9. The van der Waals surface area contributed by atoms with Crippen molar-refractivity contribution >= 4 is 5.78 Å². The number of nitrogens with one attached hydrogen (secondary N) is 1.